The molecular weight excluding hydrogens is 314 g/mol. The van der Waals surface area contributed by atoms with E-state index in [4.69, 9.17) is 0 Å². The average Bonchev–Trinajstić information content (AvgIpc) is 2.74. The summed E-state index contributed by atoms with van der Waals surface area (Å²) in [7, 11) is -3.35. The van der Waals surface area contributed by atoms with Crippen LogP contribution in [0.25, 0.3) is 0 Å². The summed E-state index contributed by atoms with van der Waals surface area (Å²) in [6.45, 7) is 0. The van der Waals surface area contributed by atoms with Gasteiger partial charge in [-0.3, -0.25) is 4.79 Å². The van der Waals surface area contributed by atoms with Crippen LogP contribution in [0.15, 0.2) is 29.2 Å². The molecule has 1 aliphatic rings. The zero-order valence-electron chi connectivity index (χ0n) is 12.1. The van der Waals surface area contributed by atoms with Crippen molar-refractivity contribution >= 4 is 15.8 Å². The van der Waals surface area contributed by atoms with Gasteiger partial charge in [-0.15, -0.1) is 0 Å². The third-order valence-corrected chi connectivity index (χ3v) is 5.22. The van der Waals surface area contributed by atoms with Crippen LogP contribution < -0.4 is 0 Å². The third-order valence-electron chi connectivity index (χ3n) is 4.09. The molecule has 1 fully saturated rings. The van der Waals surface area contributed by atoms with Crippen LogP contribution in [-0.2, 0) is 14.6 Å². The van der Waals surface area contributed by atoms with Crippen molar-refractivity contribution in [2.24, 2.45) is 5.92 Å². The van der Waals surface area contributed by atoms with Crippen molar-refractivity contribution in [3.8, 4) is 0 Å². The smallest absolute Gasteiger partial charge is 0.310 e. The molecule has 0 saturated heterocycles. The minimum absolute atomic E-state index is 0.0341. The Bertz CT molecular complexity index is 632. The number of carboxylic acids is 1. The fraction of sp³-hybridized carbons (Fsp3) is 0.533. The molecule has 1 aromatic carbocycles. The highest BCUT2D eigenvalue weighted by molar-refractivity contribution is 7.90. The van der Waals surface area contributed by atoms with E-state index in [1.165, 1.54) is 24.3 Å². The van der Waals surface area contributed by atoms with Crippen LogP contribution in [0.3, 0.4) is 0 Å². The van der Waals surface area contributed by atoms with Crippen molar-refractivity contribution in [1.29, 1.82) is 0 Å². The molecule has 1 unspecified atom stereocenters. The summed E-state index contributed by atoms with van der Waals surface area (Å²) < 4.78 is 49.2. The molecule has 22 heavy (non-hydrogen) atoms. The Kier molecular flexibility index (Phi) is 4.84. The van der Waals surface area contributed by atoms with Crippen LogP contribution >= 0.6 is 0 Å². The highest BCUT2D eigenvalue weighted by atomic mass is 32.2. The lowest BCUT2D eigenvalue weighted by molar-refractivity contribution is -0.139. The van der Waals surface area contributed by atoms with Gasteiger partial charge in [0.15, 0.2) is 9.84 Å². The van der Waals surface area contributed by atoms with Crippen LogP contribution in [0.2, 0.25) is 0 Å². The van der Waals surface area contributed by atoms with Crippen LogP contribution in [0.5, 0.6) is 0 Å². The van der Waals surface area contributed by atoms with E-state index in [9.17, 15) is 27.1 Å². The predicted molar refractivity (Wildman–Crippen MR) is 77.1 cm³/mol. The van der Waals surface area contributed by atoms with Crippen LogP contribution in [-0.4, -0.2) is 38.1 Å². The van der Waals surface area contributed by atoms with Gasteiger partial charge in [0.05, 0.1) is 10.8 Å². The molecule has 0 spiro atoms. The van der Waals surface area contributed by atoms with Gasteiger partial charge in [-0.2, -0.15) is 0 Å². The number of sulfone groups is 1. The van der Waals surface area contributed by atoms with Crippen molar-refractivity contribution < 1.29 is 27.1 Å². The lowest BCUT2D eigenvalue weighted by atomic mass is 9.88. The van der Waals surface area contributed by atoms with Crippen molar-refractivity contribution in [3.63, 3.8) is 0 Å². The van der Waals surface area contributed by atoms with Gasteiger partial charge in [-0.1, -0.05) is 12.1 Å². The maximum atomic E-state index is 13.2. The third kappa shape index (κ3) is 3.82. The van der Waals surface area contributed by atoms with Crippen LogP contribution in [0.4, 0.5) is 8.78 Å². The van der Waals surface area contributed by atoms with E-state index in [2.05, 4.69) is 0 Å². The van der Waals surface area contributed by atoms with Gasteiger partial charge >= 0.3 is 5.97 Å². The van der Waals surface area contributed by atoms with Gasteiger partial charge in [0, 0.05) is 6.26 Å². The Morgan fingerprint density at radius 2 is 1.73 bits per heavy atom. The number of benzene rings is 1. The number of halogens is 2. The maximum Gasteiger partial charge on any atom is 0.310 e. The Hall–Kier alpha value is -1.50. The number of aliphatic carboxylic acids is 1. The maximum absolute atomic E-state index is 13.2. The van der Waals surface area contributed by atoms with Gasteiger partial charge in [0.2, 0.25) is 0 Å². The molecule has 0 aromatic heterocycles. The summed E-state index contributed by atoms with van der Waals surface area (Å²) in [5.74, 6) is -2.29. The van der Waals surface area contributed by atoms with Crippen molar-refractivity contribution in [2.45, 2.75) is 42.4 Å². The Balaban J connectivity index is 2.17. The molecule has 1 saturated carbocycles. The standard InChI is InChI=1S/C15H18F2O4S/c1-22(20,21)11-4-2-10(3-5-11)12(15(18)19)6-9-7-13(16)14(17)8-9/h2-5,9,12-14H,6-8H2,1H3,(H,18,19)/t9-,12?,13+,14-. The largest absolute Gasteiger partial charge is 0.481 e. The van der Waals surface area contributed by atoms with Crippen molar-refractivity contribution in [3.05, 3.63) is 29.8 Å². The Morgan fingerprint density at radius 3 is 2.14 bits per heavy atom. The van der Waals surface area contributed by atoms with Gasteiger partial charge in [0.25, 0.3) is 0 Å². The summed E-state index contributed by atoms with van der Waals surface area (Å²) >= 11 is 0. The molecule has 4 atom stereocenters. The van der Waals surface area contributed by atoms with E-state index < -0.39 is 34.1 Å². The number of hydrogen-bond donors (Lipinski definition) is 1. The second kappa shape index (κ2) is 6.32. The monoisotopic (exact) mass is 332 g/mol. The molecule has 0 aliphatic heterocycles. The summed E-state index contributed by atoms with van der Waals surface area (Å²) in [6, 6.07) is 5.60. The number of rotatable bonds is 5. The first-order valence-electron chi connectivity index (χ1n) is 6.99. The van der Waals surface area contributed by atoms with E-state index in [0.29, 0.717) is 5.56 Å². The second-order valence-corrected chi connectivity index (χ2v) is 7.85. The first-order valence-corrected chi connectivity index (χ1v) is 8.88. The minimum atomic E-state index is -3.35. The molecule has 4 nitrogen and oxygen atoms in total. The molecule has 0 amide bonds. The highest BCUT2D eigenvalue weighted by Gasteiger charge is 2.37. The molecule has 1 N–H and O–H groups in total. The van der Waals surface area contributed by atoms with E-state index in [-0.39, 0.29) is 30.1 Å². The zero-order valence-corrected chi connectivity index (χ0v) is 12.9. The zero-order chi connectivity index (χ0) is 16.5. The first-order chi connectivity index (χ1) is 10.2. The number of carboxylic acid groups (broad SMARTS) is 1. The first kappa shape index (κ1) is 16.9. The Morgan fingerprint density at radius 1 is 1.23 bits per heavy atom. The van der Waals surface area contributed by atoms with Gasteiger partial charge in [-0.05, 0) is 42.9 Å². The summed E-state index contributed by atoms with van der Waals surface area (Å²) in [5.41, 5.74) is 0.442. The number of alkyl halides is 2. The summed E-state index contributed by atoms with van der Waals surface area (Å²) in [6.07, 6.45) is -1.76. The van der Waals surface area contributed by atoms with E-state index >= 15 is 0 Å². The van der Waals surface area contributed by atoms with Crippen molar-refractivity contribution in [2.75, 3.05) is 6.26 Å². The molecule has 122 valence electrons. The Labute approximate surface area is 128 Å². The van der Waals surface area contributed by atoms with Crippen LogP contribution in [0.1, 0.15) is 30.7 Å². The number of hydrogen-bond acceptors (Lipinski definition) is 3. The highest BCUT2D eigenvalue weighted by Crippen LogP contribution is 2.37. The second-order valence-electron chi connectivity index (χ2n) is 5.84. The molecule has 2 rings (SSSR count). The molecule has 7 heteroatoms. The molecule has 1 aliphatic carbocycles. The molecule has 0 heterocycles. The molecule has 0 radical (unpaired) electrons. The van der Waals surface area contributed by atoms with E-state index in [0.717, 1.165) is 6.26 Å². The topological polar surface area (TPSA) is 71.4 Å². The average molecular weight is 332 g/mol. The lowest BCUT2D eigenvalue weighted by Crippen LogP contribution is -2.15. The summed E-state index contributed by atoms with van der Waals surface area (Å²) in [5, 5.41) is 9.34. The van der Waals surface area contributed by atoms with Crippen molar-refractivity contribution in [1.82, 2.24) is 0 Å². The molecular formula is C15H18F2O4S. The normalized spacial score (nSPS) is 26.8. The fourth-order valence-electron chi connectivity index (χ4n) is 2.88. The lowest BCUT2D eigenvalue weighted by Gasteiger charge is -2.17. The van der Waals surface area contributed by atoms with Gasteiger partial charge < -0.3 is 5.11 Å². The molecule has 0 bridgehead atoms. The number of carbonyl (C=O) groups is 1. The van der Waals surface area contributed by atoms with Gasteiger partial charge in [0.1, 0.15) is 12.3 Å². The quantitative estimate of drug-likeness (QED) is 0.900. The fourth-order valence-corrected chi connectivity index (χ4v) is 3.51. The predicted octanol–water partition coefficient (Wildman–Crippen LogP) is 2.73. The minimum Gasteiger partial charge on any atom is -0.481 e. The van der Waals surface area contributed by atoms with E-state index in [1.54, 1.807) is 0 Å². The molecule has 1 aromatic rings. The van der Waals surface area contributed by atoms with E-state index in [1.807, 2.05) is 0 Å². The summed E-state index contributed by atoms with van der Waals surface area (Å²) in [4.78, 5) is 11.5. The SMILES string of the molecule is CS(=O)(=O)c1ccc(C(C[C@H]2C[C@@H](F)[C@@H](F)C2)C(=O)O)cc1. The van der Waals surface area contributed by atoms with Gasteiger partial charge in [-0.25, -0.2) is 17.2 Å². The van der Waals surface area contributed by atoms with Crippen LogP contribution in [0, 0.1) is 5.92 Å².